The summed E-state index contributed by atoms with van der Waals surface area (Å²) in [5.74, 6) is 0.687. The second-order valence-electron chi connectivity index (χ2n) is 5.17. The fraction of sp³-hybridized carbons (Fsp3) is 0.533. The lowest BCUT2D eigenvalue weighted by Crippen LogP contribution is -2.37. The van der Waals surface area contributed by atoms with E-state index < -0.39 is 0 Å². The Morgan fingerprint density at radius 3 is 2.44 bits per heavy atom. The highest BCUT2D eigenvalue weighted by atomic mass is 35.5. The second kappa shape index (κ2) is 5.75. The van der Waals surface area contributed by atoms with Crippen LogP contribution in [0.25, 0.3) is 0 Å². The Hall–Kier alpha value is -1.02. The second-order valence-corrected chi connectivity index (χ2v) is 5.79. The van der Waals surface area contributed by atoms with Crippen molar-refractivity contribution in [1.29, 1.82) is 0 Å². The number of rotatable bonds is 4. The van der Waals surface area contributed by atoms with Crippen molar-refractivity contribution in [3.8, 4) is 0 Å². The summed E-state index contributed by atoms with van der Waals surface area (Å²) < 4.78 is 0. The van der Waals surface area contributed by atoms with Gasteiger partial charge in [0.25, 0.3) is 5.91 Å². The van der Waals surface area contributed by atoms with Crippen molar-refractivity contribution in [2.75, 3.05) is 13.6 Å². The molecular weight excluding hydrogens is 246 g/mol. The van der Waals surface area contributed by atoms with E-state index in [1.165, 1.54) is 5.56 Å². The Balaban J connectivity index is 1.92. The highest BCUT2D eigenvalue weighted by molar-refractivity contribution is 6.21. The molecule has 2 nitrogen and oxygen atoms in total. The van der Waals surface area contributed by atoms with Gasteiger partial charge in [-0.2, -0.15) is 0 Å². The molecule has 0 N–H and O–H groups in total. The van der Waals surface area contributed by atoms with Crippen molar-refractivity contribution in [1.82, 2.24) is 4.90 Å². The van der Waals surface area contributed by atoms with Crippen LogP contribution in [0.15, 0.2) is 24.3 Å². The summed E-state index contributed by atoms with van der Waals surface area (Å²) >= 11 is 5.95. The first-order chi connectivity index (χ1) is 8.60. The van der Waals surface area contributed by atoms with Crippen LogP contribution in [0.1, 0.15) is 35.7 Å². The van der Waals surface area contributed by atoms with Gasteiger partial charge in [-0.05, 0) is 42.9 Å². The van der Waals surface area contributed by atoms with Gasteiger partial charge in [0.2, 0.25) is 0 Å². The fourth-order valence-corrected chi connectivity index (χ4v) is 2.88. The van der Waals surface area contributed by atoms with Crippen LogP contribution in [-0.2, 0) is 6.42 Å². The third-order valence-corrected chi connectivity index (χ3v) is 4.02. The molecule has 0 atom stereocenters. The summed E-state index contributed by atoms with van der Waals surface area (Å²) in [7, 11) is 1.87. The molecule has 2 rings (SSSR count). The van der Waals surface area contributed by atoms with E-state index in [0.29, 0.717) is 11.3 Å². The number of benzene rings is 1. The quantitative estimate of drug-likeness (QED) is 0.765. The van der Waals surface area contributed by atoms with Crippen molar-refractivity contribution in [3.63, 3.8) is 0 Å². The van der Waals surface area contributed by atoms with Crippen LogP contribution >= 0.6 is 11.6 Å². The SMILES string of the molecule is CCc1ccc(C(=O)N(C)CC2CC(Cl)C2)cc1. The van der Waals surface area contributed by atoms with Gasteiger partial charge in [0, 0.05) is 24.5 Å². The number of carbonyl (C=O) groups excluding carboxylic acids is 1. The van der Waals surface area contributed by atoms with Gasteiger partial charge in [-0.3, -0.25) is 4.79 Å². The first-order valence-corrected chi connectivity index (χ1v) is 7.02. The van der Waals surface area contributed by atoms with Crippen molar-refractivity contribution in [2.24, 2.45) is 5.92 Å². The van der Waals surface area contributed by atoms with E-state index in [1.54, 1.807) is 0 Å². The highest BCUT2D eigenvalue weighted by Crippen LogP contribution is 2.32. The molecule has 0 bridgehead atoms. The Morgan fingerprint density at radius 1 is 1.33 bits per heavy atom. The summed E-state index contributed by atoms with van der Waals surface area (Å²) in [6, 6.07) is 7.89. The molecule has 0 unspecified atom stereocenters. The molecule has 0 radical (unpaired) electrons. The lowest BCUT2D eigenvalue weighted by Gasteiger charge is -2.34. The minimum atomic E-state index is 0.107. The van der Waals surface area contributed by atoms with Crippen LogP contribution in [0, 0.1) is 5.92 Å². The predicted octanol–water partition coefficient (Wildman–Crippen LogP) is 3.34. The Morgan fingerprint density at radius 2 is 1.94 bits per heavy atom. The zero-order chi connectivity index (χ0) is 13.1. The van der Waals surface area contributed by atoms with E-state index in [0.717, 1.165) is 31.4 Å². The summed E-state index contributed by atoms with van der Waals surface area (Å²) in [5.41, 5.74) is 2.04. The minimum absolute atomic E-state index is 0.107. The van der Waals surface area contributed by atoms with Crippen molar-refractivity contribution in [2.45, 2.75) is 31.6 Å². The molecule has 0 aliphatic heterocycles. The predicted molar refractivity (Wildman–Crippen MR) is 75.1 cm³/mol. The summed E-state index contributed by atoms with van der Waals surface area (Å²) in [6.07, 6.45) is 3.07. The van der Waals surface area contributed by atoms with Gasteiger partial charge in [0.15, 0.2) is 0 Å². The zero-order valence-corrected chi connectivity index (χ0v) is 11.8. The van der Waals surface area contributed by atoms with E-state index in [1.807, 2.05) is 36.2 Å². The van der Waals surface area contributed by atoms with Crippen LogP contribution in [0.5, 0.6) is 0 Å². The number of carbonyl (C=O) groups is 1. The number of nitrogens with zero attached hydrogens (tertiary/aromatic N) is 1. The van der Waals surface area contributed by atoms with E-state index >= 15 is 0 Å². The molecule has 18 heavy (non-hydrogen) atoms. The van der Waals surface area contributed by atoms with Crippen LogP contribution < -0.4 is 0 Å². The summed E-state index contributed by atoms with van der Waals surface area (Å²) in [5, 5.41) is 0.322. The molecule has 1 fully saturated rings. The maximum Gasteiger partial charge on any atom is 0.253 e. The average Bonchev–Trinajstić information content (AvgIpc) is 2.36. The molecule has 1 aliphatic rings. The van der Waals surface area contributed by atoms with Crippen LogP contribution in [-0.4, -0.2) is 29.8 Å². The largest absolute Gasteiger partial charge is 0.341 e. The number of halogens is 1. The average molecular weight is 266 g/mol. The Bertz CT molecular complexity index is 409. The Kier molecular flexibility index (Phi) is 4.28. The molecule has 0 saturated heterocycles. The molecule has 0 aromatic heterocycles. The molecule has 0 spiro atoms. The van der Waals surface area contributed by atoms with E-state index in [2.05, 4.69) is 6.92 Å². The summed E-state index contributed by atoms with van der Waals surface area (Å²) in [4.78, 5) is 14.0. The minimum Gasteiger partial charge on any atom is -0.341 e. The number of amides is 1. The molecule has 1 aromatic carbocycles. The maximum absolute atomic E-state index is 12.2. The normalized spacial score (nSPS) is 22.4. The van der Waals surface area contributed by atoms with Crippen LogP contribution in [0.4, 0.5) is 0 Å². The third-order valence-electron chi connectivity index (χ3n) is 3.67. The third kappa shape index (κ3) is 3.05. The van der Waals surface area contributed by atoms with Crippen LogP contribution in [0.3, 0.4) is 0 Å². The zero-order valence-electron chi connectivity index (χ0n) is 11.0. The smallest absolute Gasteiger partial charge is 0.253 e. The van der Waals surface area contributed by atoms with Gasteiger partial charge >= 0.3 is 0 Å². The fourth-order valence-electron chi connectivity index (χ4n) is 2.38. The molecule has 0 heterocycles. The maximum atomic E-state index is 12.2. The van der Waals surface area contributed by atoms with E-state index in [4.69, 9.17) is 11.6 Å². The van der Waals surface area contributed by atoms with E-state index in [9.17, 15) is 4.79 Å². The molecule has 1 saturated carbocycles. The number of hydrogen-bond donors (Lipinski definition) is 0. The van der Waals surface area contributed by atoms with Crippen LogP contribution in [0.2, 0.25) is 0 Å². The van der Waals surface area contributed by atoms with E-state index in [-0.39, 0.29) is 5.91 Å². The van der Waals surface area contributed by atoms with Gasteiger partial charge in [-0.15, -0.1) is 11.6 Å². The highest BCUT2D eigenvalue weighted by Gasteiger charge is 2.29. The lowest BCUT2D eigenvalue weighted by atomic mass is 9.84. The number of alkyl halides is 1. The van der Waals surface area contributed by atoms with Gasteiger partial charge < -0.3 is 4.90 Å². The summed E-state index contributed by atoms with van der Waals surface area (Å²) in [6.45, 7) is 2.93. The molecule has 98 valence electrons. The van der Waals surface area contributed by atoms with Gasteiger partial charge in [0.1, 0.15) is 0 Å². The van der Waals surface area contributed by atoms with Crippen molar-refractivity contribution >= 4 is 17.5 Å². The number of aryl methyl sites for hydroxylation is 1. The first kappa shape index (κ1) is 13.4. The number of hydrogen-bond acceptors (Lipinski definition) is 1. The Labute approximate surface area is 114 Å². The monoisotopic (exact) mass is 265 g/mol. The standard InChI is InChI=1S/C15H20ClNO/c1-3-11-4-6-13(7-5-11)15(18)17(2)10-12-8-14(16)9-12/h4-7,12,14H,3,8-10H2,1-2H3. The molecular formula is C15H20ClNO. The lowest BCUT2D eigenvalue weighted by molar-refractivity contribution is 0.0747. The topological polar surface area (TPSA) is 20.3 Å². The van der Waals surface area contributed by atoms with Gasteiger partial charge in [-0.25, -0.2) is 0 Å². The van der Waals surface area contributed by atoms with Crippen molar-refractivity contribution < 1.29 is 4.79 Å². The molecule has 3 heteroatoms. The van der Waals surface area contributed by atoms with Gasteiger partial charge in [-0.1, -0.05) is 19.1 Å². The molecule has 1 amide bonds. The first-order valence-electron chi connectivity index (χ1n) is 6.58. The molecule has 1 aliphatic carbocycles. The molecule has 1 aromatic rings. The van der Waals surface area contributed by atoms with Gasteiger partial charge in [0.05, 0.1) is 0 Å². The van der Waals surface area contributed by atoms with Crippen molar-refractivity contribution in [3.05, 3.63) is 35.4 Å².